The van der Waals surface area contributed by atoms with Crippen molar-refractivity contribution in [2.24, 2.45) is 0 Å². The van der Waals surface area contributed by atoms with Crippen molar-refractivity contribution in [2.45, 2.75) is 56.4 Å². The molecule has 0 spiro atoms. The van der Waals surface area contributed by atoms with Crippen LogP contribution in [0.5, 0.6) is 0 Å². The third kappa shape index (κ3) is 6.83. The number of esters is 1. The third-order valence-corrected chi connectivity index (χ3v) is 9.00. The number of fused-ring (bicyclic) bond motifs is 2. The molecule has 254 valence electrons. The number of methoxy groups -OCH3 is 1. The average molecular weight is 703 g/mol. The van der Waals surface area contributed by atoms with Gasteiger partial charge in [-0.1, -0.05) is 11.3 Å². The van der Waals surface area contributed by atoms with E-state index in [1.54, 1.807) is 19.1 Å². The number of nitrogens with zero attached hydrogens (tertiary/aromatic N) is 7. The van der Waals surface area contributed by atoms with Crippen molar-refractivity contribution < 1.29 is 65.9 Å². The van der Waals surface area contributed by atoms with Gasteiger partial charge in [-0.05, 0) is 19.1 Å². The van der Waals surface area contributed by atoms with E-state index in [0.29, 0.717) is 16.7 Å². The van der Waals surface area contributed by atoms with Crippen LogP contribution in [0.4, 0.5) is 4.39 Å². The summed E-state index contributed by atoms with van der Waals surface area (Å²) < 4.78 is 73.7. The van der Waals surface area contributed by atoms with Crippen LogP contribution in [-0.2, 0) is 36.9 Å². The minimum absolute atomic E-state index is 0.0418. The maximum Gasteiger partial charge on any atom is 0.472 e. The number of benzene rings is 1. The van der Waals surface area contributed by atoms with Crippen molar-refractivity contribution in [3.05, 3.63) is 42.1 Å². The molecule has 0 saturated carbocycles. The van der Waals surface area contributed by atoms with Crippen LogP contribution in [0.15, 0.2) is 30.9 Å². The summed E-state index contributed by atoms with van der Waals surface area (Å²) in [5, 5.41) is 18.7. The molecule has 6 rings (SSSR count). The second-order valence-corrected chi connectivity index (χ2v) is 13.2. The van der Waals surface area contributed by atoms with Crippen LogP contribution < -0.4 is 0 Å². The van der Waals surface area contributed by atoms with E-state index in [1.807, 2.05) is 0 Å². The Kier molecular flexibility index (Phi) is 9.24. The molecule has 0 aliphatic carbocycles. The van der Waals surface area contributed by atoms with Gasteiger partial charge in [-0.3, -0.25) is 18.1 Å². The molecular formula is C24H28FN7O13P2. The lowest BCUT2D eigenvalue weighted by atomic mass is 10.1. The highest BCUT2D eigenvalue weighted by Crippen LogP contribution is 2.50. The van der Waals surface area contributed by atoms with Crippen LogP contribution >= 0.6 is 15.6 Å². The monoisotopic (exact) mass is 703 g/mol. The molecule has 1 unspecified atom stereocenters. The summed E-state index contributed by atoms with van der Waals surface area (Å²) in [6.45, 7) is 0.0155. The topological polar surface area (TPSA) is 262 Å². The van der Waals surface area contributed by atoms with Gasteiger partial charge in [0, 0.05) is 6.42 Å². The number of aromatic nitrogens is 7. The molecule has 1 aromatic carbocycles. The summed E-state index contributed by atoms with van der Waals surface area (Å²) in [6.07, 6.45) is -8.28. The Balaban J connectivity index is 1.15. The zero-order valence-electron chi connectivity index (χ0n) is 24.4. The van der Waals surface area contributed by atoms with Crippen LogP contribution in [0.2, 0.25) is 0 Å². The maximum atomic E-state index is 15.9. The number of halogens is 1. The highest BCUT2D eigenvalue weighted by atomic mass is 31.2. The number of carbonyl (C=O) groups excluding carboxylic acids is 1. The first kappa shape index (κ1) is 33.6. The largest absolute Gasteiger partial charge is 0.472 e. The summed E-state index contributed by atoms with van der Waals surface area (Å²) in [5.74, 6) is -0.632. The molecule has 4 N–H and O–H groups in total. The number of hydrogen-bond donors (Lipinski definition) is 4. The lowest BCUT2D eigenvalue weighted by molar-refractivity contribution is -0.0570. The minimum atomic E-state index is -5.16. The molecule has 0 amide bonds. The van der Waals surface area contributed by atoms with Crippen molar-refractivity contribution in [1.29, 1.82) is 0 Å². The molecule has 2 fully saturated rings. The van der Waals surface area contributed by atoms with Gasteiger partial charge in [0.15, 0.2) is 24.3 Å². The summed E-state index contributed by atoms with van der Waals surface area (Å²) >= 11 is 0. The van der Waals surface area contributed by atoms with Gasteiger partial charge < -0.3 is 34.0 Å². The van der Waals surface area contributed by atoms with Gasteiger partial charge in [0.2, 0.25) is 0 Å². The van der Waals surface area contributed by atoms with E-state index in [9.17, 15) is 33.7 Å². The number of carbonyl (C=O) groups is 1. The predicted octanol–water partition coefficient (Wildman–Crippen LogP) is 0.862. The van der Waals surface area contributed by atoms with Crippen LogP contribution in [0, 0.1) is 6.92 Å². The number of alkyl halides is 1. The van der Waals surface area contributed by atoms with Gasteiger partial charge in [0.1, 0.15) is 35.7 Å². The van der Waals surface area contributed by atoms with Crippen LogP contribution in [0.25, 0.3) is 22.2 Å². The number of aliphatic hydroxyl groups excluding tert-OH is 1. The van der Waals surface area contributed by atoms with Crippen molar-refractivity contribution in [3.8, 4) is 0 Å². The Bertz CT molecular complexity index is 1890. The Morgan fingerprint density at radius 1 is 1.09 bits per heavy atom. The smallest absolute Gasteiger partial charge is 0.465 e. The summed E-state index contributed by atoms with van der Waals surface area (Å²) in [4.78, 5) is 53.2. The van der Waals surface area contributed by atoms with Gasteiger partial charge in [-0.25, -0.2) is 37.9 Å². The van der Waals surface area contributed by atoms with Gasteiger partial charge in [0.25, 0.3) is 0 Å². The lowest BCUT2D eigenvalue weighted by Crippen LogP contribution is -2.34. The minimum Gasteiger partial charge on any atom is -0.465 e. The molecule has 8 atom stereocenters. The highest BCUT2D eigenvalue weighted by molar-refractivity contribution is 7.47. The average Bonchev–Trinajstić information content (AvgIpc) is 3.79. The van der Waals surface area contributed by atoms with Crippen LogP contribution in [0.3, 0.4) is 0 Å². The molecule has 0 bridgehead atoms. The molecule has 4 aromatic rings. The van der Waals surface area contributed by atoms with Crippen molar-refractivity contribution >= 4 is 43.8 Å². The third-order valence-electron chi connectivity index (χ3n) is 7.53. The summed E-state index contributed by atoms with van der Waals surface area (Å²) in [5.41, 5.74) is 1.74. The number of aliphatic hydroxyl groups is 1. The zero-order chi connectivity index (χ0) is 33.7. The van der Waals surface area contributed by atoms with Crippen LogP contribution in [-0.4, -0.2) is 111 Å². The molecule has 5 heterocycles. The number of imidazole rings is 1. The fourth-order valence-electron chi connectivity index (χ4n) is 5.32. The van der Waals surface area contributed by atoms with Crippen molar-refractivity contribution in [2.75, 3.05) is 20.3 Å². The number of hydrogen-bond acceptors (Lipinski definition) is 15. The Morgan fingerprint density at radius 3 is 2.60 bits per heavy atom. The van der Waals surface area contributed by atoms with E-state index in [4.69, 9.17) is 23.3 Å². The Labute approximate surface area is 263 Å². The molecule has 20 nitrogen and oxygen atoms in total. The maximum absolute atomic E-state index is 15.9. The molecule has 2 aliphatic rings. The van der Waals surface area contributed by atoms with E-state index in [0.717, 1.165) is 0 Å². The predicted molar refractivity (Wildman–Crippen MR) is 151 cm³/mol. The fourth-order valence-corrected chi connectivity index (χ4v) is 6.62. The van der Waals surface area contributed by atoms with E-state index < -0.39 is 77.9 Å². The van der Waals surface area contributed by atoms with Gasteiger partial charge in [-0.2, -0.15) is 0 Å². The first-order chi connectivity index (χ1) is 22.3. The van der Waals surface area contributed by atoms with E-state index in [-0.39, 0.29) is 23.1 Å². The number of ether oxygens (including phenoxy) is 3. The first-order valence-electron chi connectivity index (χ1n) is 13.8. The van der Waals surface area contributed by atoms with Gasteiger partial charge in [0.05, 0.1) is 49.5 Å². The Morgan fingerprint density at radius 2 is 1.85 bits per heavy atom. The quantitative estimate of drug-likeness (QED) is 0.125. The number of aryl methyl sites for hydroxylation is 1. The normalized spacial score (nSPS) is 27.9. The first-order valence-corrected chi connectivity index (χ1v) is 16.8. The molecule has 47 heavy (non-hydrogen) atoms. The van der Waals surface area contributed by atoms with Gasteiger partial charge in [-0.15, -0.1) is 5.10 Å². The Hall–Kier alpha value is -3.33. The number of phosphoric ester groups is 2. The molecule has 2 saturated heterocycles. The molecule has 3 aromatic heterocycles. The molecule has 0 radical (unpaired) electrons. The number of phosphoric acid groups is 2. The molecular weight excluding hydrogens is 675 g/mol. The fraction of sp³-hybridized carbons (Fsp3) is 0.500. The SMILES string of the molecule is COC(=O)c1cccc2c1nnn2[C@H]1C[C@H](O)[C@@H](COP(=O)(O)O[C@H]2[C@@H](F)[C@H](n3cnc4c(C)ncnc43)O[C@@H]2COP(=O)(O)O)O1. The summed E-state index contributed by atoms with van der Waals surface area (Å²) in [7, 11) is -9.00. The lowest BCUT2D eigenvalue weighted by Gasteiger charge is -2.23. The zero-order valence-corrected chi connectivity index (χ0v) is 26.2. The summed E-state index contributed by atoms with van der Waals surface area (Å²) in [6, 6.07) is 4.70. The van der Waals surface area contributed by atoms with E-state index in [2.05, 4.69) is 29.8 Å². The van der Waals surface area contributed by atoms with E-state index >= 15 is 4.39 Å². The second-order valence-electron chi connectivity index (χ2n) is 10.5. The number of rotatable bonds is 11. The molecule has 2 aliphatic heterocycles. The van der Waals surface area contributed by atoms with Crippen molar-refractivity contribution in [1.82, 2.24) is 34.5 Å². The second kappa shape index (κ2) is 12.9. The standard InChI is InChI=1S/C24H28FN7O13P2/c1-11-19-22(27-9-26-11)31(10-28-19)23-18(25)21(16(44-23)8-41-46(35,36)37)45-47(38,39)42-7-15-14(33)6-17(43-15)32-13-5-3-4-12(24(34)40-2)20(13)29-30-32/h3-5,9-10,14-18,21,23,33H,6-8H2,1-2H3,(H,38,39)(H2,35,36,37)/t14-,15+,16+,17+,18+,21+,23+/m0/s1. The molecule has 23 heteroatoms. The van der Waals surface area contributed by atoms with Gasteiger partial charge >= 0.3 is 21.6 Å². The van der Waals surface area contributed by atoms with Crippen LogP contribution in [0.1, 0.15) is 34.9 Å². The highest BCUT2D eigenvalue weighted by Gasteiger charge is 2.51. The van der Waals surface area contributed by atoms with Crippen molar-refractivity contribution in [3.63, 3.8) is 0 Å². The van der Waals surface area contributed by atoms with E-state index in [1.165, 1.54) is 35.1 Å².